The summed E-state index contributed by atoms with van der Waals surface area (Å²) in [4.78, 5) is 35.9. The maximum atomic E-state index is 12.5. The SMILES string of the molecule is CCC(=O)NC1Cc2c(Cl)c(Cl)cc(C(=O)OCOC(=O)C(C)(C)C)c2OB1O. The second kappa shape index (κ2) is 9.23. The van der Waals surface area contributed by atoms with Crippen molar-refractivity contribution in [2.75, 3.05) is 6.79 Å². The predicted molar refractivity (Wildman–Crippen MR) is 107 cm³/mol. The van der Waals surface area contributed by atoms with Gasteiger partial charge < -0.3 is 24.5 Å². The Hall–Kier alpha value is -1.97. The molecule has 0 aromatic heterocycles. The maximum Gasteiger partial charge on any atom is 0.547 e. The van der Waals surface area contributed by atoms with Crippen LogP contribution in [0, 0.1) is 5.41 Å². The average molecular weight is 446 g/mol. The van der Waals surface area contributed by atoms with Crippen molar-refractivity contribution in [3.8, 4) is 5.75 Å². The molecule has 1 aromatic carbocycles. The van der Waals surface area contributed by atoms with Gasteiger partial charge in [0.1, 0.15) is 11.3 Å². The first kappa shape index (κ1) is 23.3. The fourth-order valence-electron chi connectivity index (χ4n) is 2.52. The molecule has 0 radical (unpaired) electrons. The van der Waals surface area contributed by atoms with E-state index in [2.05, 4.69) is 5.32 Å². The largest absolute Gasteiger partial charge is 0.547 e. The molecule has 0 saturated heterocycles. The summed E-state index contributed by atoms with van der Waals surface area (Å²) in [6, 6.07) is 1.24. The van der Waals surface area contributed by atoms with Crippen LogP contribution in [0.1, 0.15) is 50.0 Å². The van der Waals surface area contributed by atoms with Gasteiger partial charge in [-0.1, -0.05) is 30.1 Å². The minimum atomic E-state index is -1.40. The van der Waals surface area contributed by atoms with E-state index >= 15 is 0 Å². The van der Waals surface area contributed by atoms with Crippen LogP contribution in [0.4, 0.5) is 0 Å². The third-order valence-electron chi connectivity index (χ3n) is 4.15. The first-order valence-electron chi connectivity index (χ1n) is 8.95. The molecule has 1 aromatic rings. The highest BCUT2D eigenvalue weighted by Crippen LogP contribution is 2.40. The molecule has 1 atom stereocenters. The van der Waals surface area contributed by atoms with Crippen LogP contribution in [0.25, 0.3) is 0 Å². The number of amides is 1. The first-order valence-corrected chi connectivity index (χ1v) is 9.70. The summed E-state index contributed by atoms with van der Waals surface area (Å²) in [6.45, 7) is 6.06. The molecule has 8 nitrogen and oxygen atoms in total. The van der Waals surface area contributed by atoms with Gasteiger partial charge in [0.25, 0.3) is 0 Å². The molecule has 0 aliphatic carbocycles. The van der Waals surface area contributed by atoms with Gasteiger partial charge in [0.15, 0.2) is 0 Å². The zero-order valence-electron chi connectivity index (χ0n) is 16.5. The van der Waals surface area contributed by atoms with E-state index in [4.69, 9.17) is 37.3 Å². The van der Waals surface area contributed by atoms with Crippen molar-refractivity contribution in [3.63, 3.8) is 0 Å². The molecule has 1 aliphatic rings. The minimum absolute atomic E-state index is 0.000968. The van der Waals surface area contributed by atoms with Gasteiger partial charge in [-0.3, -0.25) is 9.59 Å². The molecule has 0 saturated carbocycles. The molecule has 0 spiro atoms. The average Bonchev–Trinajstić information content (AvgIpc) is 2.64. The lowest BCUT2D eigenvalue weighted by atomic mass is 9.72. The van der Waals surface area contributed by atoms with E-state index in [1.54, 1.807) is 27.7 Å². The normalized spacial score (nSPS) is 15.8. The van der Waals surface area contributed by atoms with Crippen molar-refractivity contribution >= 4 is 48.2 Å². The number of hydrogen-bond donors (Lipinski definition) is 2. The number of rotatable bonds is 5. The van der Waals surface area contributed by atoms with Crippen molar-refractivity contribution in [3.05, 3.63) is 27.2 Å². The topological polar surface area (TPSA) is 111 Å². The lowest BCUT2D eigenvalue weighted by Gasteiger charge is -2.30. The zero-order valence-corrected chi connectivity index (χ0v) is 18.0. The molecule has 29 heavy (non-hydrogen) atoms. The summed E-state index contributed by atoms with van der Waals surface area (Å²) in [6.07, 6.45) is 0.325. The van der Waals surface area contributed by atoms with Crippen LogP contribution in [0.2, 0.25) is 10.0 Å². The highest BCUT2D eigenvalue weighted by Gasteiger charge is 2.39. The van der Waals surface area contributed by atoms with Gasteiger partial charge in [0, 0.05) is 12.0 Å². The van der Waals surface area contributed by atoms with E-state index in [0.717, 1.165) is 0 Å². The van der Waals surface area contributed by atoms with Gasteiger partial charge in [-0.25, -0.2) is 4.79 Å². The Morgan fingerprint density at radius 2 is 1.97 bits per heavy atom. The molecule has 0 fully saturated rings. The summed E-state index contributed by atoms with van der Waals surface area (Å²) >= 11 is 12.4. The van der Waals surface area contributed by atoms with Gasteiger partial charge in [-0.15, -0.1) is 0 Å². The summed E-state index contributed by atoms with van der Waals surface area (Å²) in [5.41, 5.74) is -0.481. The Morgan fingerprint density at radius 3 is 2.55 bits per heavy atom. The van der Waals surface area contributed by atoms with Crippen LogP contribution in [0.15, 0.2) is 6.07 Å². The second-order valence-electron chi connectivity index (χ2n) is 7.50. The first-order chi connectivity index (χ1) is 13.5. The highest BCUT2D eigenvalue weighted by atomic mass is 35.5. The van der Waals surface area contributed by atoms with Gasteiger partial charge in [0.05, 0.1) is 21.4 Å². The molecule has 1 heterocycles. The molecule has 1 amide bonds. The van der Waals surface area contributed by atoms with E-state index in [9.17, 15) is 19.4 Å². The van der Waals surface area contributed by atoms with Crippen LogP contribution in [-0.2, 0) is 25.5 Å². The van der Waals surface area contributed by atoms with E-state index in [-0.39, 0.29) is 40.1 Å². The van der Waals surface area contributed by atoms with Crippen molar-refractivity contribution < 1.29 is 33.5 Å². The molecule has 1 aliphatic heterocycles. The fraction of sp³-hybridized carbons (Fsp3) is 0.500. The van der Waals surface area contributed by atoms with Crippen LogP contribution in [-0.4, -0.2) is 42.7 Å². The lowest BCUT2D eigenvalue weighted by Crippen LogP contribution is -2.53. The molecular weight excluding hydrogens is 424 g/mol. The van der Waals surface area contributed by atoms with E-state index in [1.165, 1.54) is 6.07 Å². The summed E-state index contributed by atoms with van der Waals surface area (Å²) < 4.78 is 15.3. The molecule has 2 rings (SSSR count). The van der Waals surface area contributed by atoms with Gasteiger partial charge in [-0.2, -0.15) is 0 Å². The molecule has 158 valence electrons. The van der Waals surface area contributed by atoms with Gasteiger partial charge >= 0.3 is 19.1 Å². The highest BCUT2D eigenvalue weighted by molar-refractivity contribution is 6.48. The van der Waals surface area contributed by atoms with Gasteiger partial charge in [0.2, 0.25) is 12.7 Å². The molecular formula is C18H22BCl2NO7. The van der Waals surface area contributed by atoms with Crippen LogP contribution >= 0.6 is 23.2 Å². The number of carbonyl (C=O) groups is 3. The van der Waals surface area contributed by atoms with Crippen LogP contribution in [0.3, 0.4) is 0 Å². The van der Waals surface area contributed by atoms with Crippen molar-refractivity contribution in [2.45, 2.75) is 46.5 Å². The van der Waals surface area contributed by atoms with Gasteiger partial charge in [-0.05, 0) is 33.3 Å². The Balaban J connectivity index is 2.22. The number of fused-ring (bicyclic) bond motifs is 1. The minimum Gasteiger partial charge on any atom is -0.534 e. The zero-order chi connectivity index (χ0) is 21.9. The van der Waals surface area contributed by atoms with Crippen molar-refractivity contribution in [2.24, 2.45) is 5.41 Å². The quantitative estimate of drug-likeness (QED) is 0.407. The van der Waals surface area contributed by atoms with Crippen LogP contribution in [0.5, 0.6) is 5.75 Å². The van der Waals surface area contributed by atoms with Crippen molar-refractivity contribution in [1.29, 1.82) is 0 Å². The molecule has 11 heteroatoms. The molecule has 2 N–H and O–H groups in total. The lowest BCUT2D eigenvalue weighted by molar-refractivity contribution is -0.161. The van der Waals surface area contributed by atoms with E-state index in [0.29, 0.717) is 5.56 Å². The van der Waals surface area contributed by atoms with E-state index < -0.39 is 37.2 Å². The number of ether oxygens (including phenoxy) is 2. The Labute approximate surface area is 178 Å². The Kier molecular flexibility index (Phi) is 7.42. The third-order valence-corrected chi connectivity index (χ3v) is 4.98. The number of hydrogen-bond acceptors (Lipinski definition) is 7. The number of nitrogens with one attached hydrogen (secondary N) is 1. The standard InChI is InChI=1S/C18H22BCl2NO7/c1-5-13(23)22-12-7-9-14(21)11(20)6-10(15(9)29-19(12)26)16(24)27-8-28-17(25)18(2,3)4/h6,12,26H,5,7-8H2,1-4H3,(H,22,23). The second-order valence-corrected chi connectivity index (χ2v) is 8.28. The summed E-state index contributed by atoms with van der Waals surface area (Å²) in [7, 11) is -1.40. The predicted octanol–water partition coefficient (Wildman–Crippen LogP) is 2.55. The number of carbonyl (C=O) groups excluding carboxylic acids is 3. The number of benzene rings is 1. The number of halogens is 2. The van der Waals surface area contributed by atoms with Crippen molar-refractivity contribution in [1.82, 2.24) is 5.32 Å². The smallest absolute Gasteiger partial charge is 0.534 e. The Bertz CT molecular complexity index is 825. The summed E-state index contributed by atoms with van der Waals surface area (Å²) in [5, 5.41) is 13.1. The number of esters is 2. The maximum absolute atomic E-state index is 12.5. The molecule has 1 unspecified atom stereocenters. The third kappa shape index (κ3) is 5.55. The molecule has 0 bridgehead atoms. The summed E-state index contributed by atoms with van der Waals surface area (Å²) in [5.74, 6) is -2.45. The van der Waals surface area contributed by atoms with Crippen LogP contribution < -0.4 is 9.97 Å². The Morgan fingerprint density at radius 1 is 1.31 bits per heavy atom. The fourth-order valence-corrected chi connectivity index (χ4v) is 2.96. The van der Waals surface area contributed by atoms with E-state index in [1.807, 2.05) is 0 Å². The monoisotopic (exact) mass is 445 g/mol.